The van der Waals surface area contributed by atoms with Gasteiger partial charge in [-0.2, -0.15) is 0 Å². The number of aliphatic hydroxyl groups excluding tert-OH is 1. The molecule has 1 N–H and O–H groups in total. The average molecular weight is 396 g/mol. The summed E-state index contributed by atoms with van der Waals surface area (Å²) >= 11 is 0. The van der Waals surface area contributed by atoms with Gasteiger partial charge in [0.15, 0.2) is 0 Å². The van der Waals surface area contributed by atoms with Gasteiger partial charge in [-0.15, -0.1) is 0 Å². The number of hydrogen-bond donors (Lipinski definition) is 1. The number of anilines is 1. The van der Waals surface area contributed by atoms with Crippen LogP contribution in [0.2, 0.25) is 0 Å². The second-order valence-corrected chi connectivity index (χ2v) is 8.34. The van der Waals surface area contributed by atoms with E-state index >= 15 is 0 Å². The van der Waals surface area contributed by atoms with Crippen LogP contribution in [0.25, 0.3) is 0 Å². The van der Waals surface area contributed by atoms with E-state index in [-0.39, 0.29) is 0 Å². The van der Waals surface area contributed by atoms with Crippen molar-refractivity contribution in [3.8, 4) is 5.75 Å². The molecule has 156 valence electrons. The Hall–Kier alpha value is -2.11. The molecule has 5 nitrogen and oxygen atoms in total. The Morgan fingerprint density at radius 1 is 0.966 bits per heavy atom. The third kappa shape index (κ3) is 5.71. The van der Waals surface area contributed by atoms with Crippen LogP contribution in [-0.2, 0) is 0 Å². The molecule has 0 amide bonds. The molecular weight excluding hydrogens is 362 g/mol. The van der Waals surface area contributed by atoms with Crippen LogP contribution in [0.15, 0.2) is 48.7 Å². The summed E-state index contributed by atoms with van der Waals surface area (Å²) in [6.07, 6.45) is 8.07. The molecule has 1 aliphatic carbocycles. The van der Waals surface area contributed by atoms with E-state index in [2.05, 4.69) is 45.1 Å². The van der Waals surface area contributed by atoms with Gasteiger partial charge in [-0.3, -0.25) is 4.90 Å². The summed E-state index contributed by atoms with van der Waals surface area (Å²) in [6.45, 7) is 4.73. The summed E-state index contributed by atoms with van der Waals surface area (Å²) in [5, 5.41) is 10.4. The summed E-state index contributed by atoms with van der Waals surface area (Å²) in [7, 11) is 0. The highest BCUT2D eigenvalue weighted by Gasteiger charge is 2.20. The van der Waals surface area contributed by atoms with Crippen molar-refractivity contribution in [1.82, 2.24) is 9.88 Å². The van der Waals surface area contributed by atoms with Gasteiger partial charge >= 0.3 is 0 Å². The van der Waals surface area contributed by atoms with Crippen LogP contribution in [-0.4, -0.2) is 60.4 Å². The number of piperazine rings is 1. The summed E-state index contributed by atoms with van der Waals surface area (Å²) in [6, 6.07) is 14.5. The van der Waals surface area contributed by atoms with E-state index in [0.717, 1.165) is 37.7 Å². The number of benzene rings is 1. The molecule has 29 heavy (non-hydrogen) atoms. The highest BCUT2D eigenvalue weighted by atomic mass is 16.5. The van der Waals surface area contributed by atoms with Gasteiger partial charge in [0.1, 0.15) is 24.3 Å². The minimum atomic E-state index is -0.477. The lowest BCUT2D eigenvalue weighted by Crippen LogP contribution is -2.49. The van der Waals surface area contributed by atoms with E-state index in [1.165, 1.54) is 37.7 Å². The van der Waals surface area contributed by atoms with Gasteiger partial charge in [-0.1, -0.05) is 37.5 Å². The van der Waals surface area contributed by atoms with Gasteiger partial charge in [0, 0.05) is 38.9 Å². The largest absolute Gasteiger partial charge is 0.491 e. The monoisotopic (exact) mass is 395 g/mol. The zero-order chi connectivity index (χ0) is 19.9. The fourth-order valence-corrected chi connectivity index (χ4v) is 4.52. The average Bonchev–Trinajstić information content (AvgIpc) is 2.80. The second kappa shape index (κ2) is 10.1. The van der Waals surface area contributed by atoms with Crippen LogP contribution >= 0.6 is 0 Å². The normalized spacial score (nSPS) is 19.8. The molecule has 2 heterocycles. The molecular formula is C24H33N3O2. The minimum absolute atomic E-state index is 0.337. The number of aromatic nitrogens is 1. The molecule has 2 aliphatic rings. The summed E-state index contributed by atoms with van der Waals surface area (Å²) < 4.78 is 5.85. The fourth-order valence-electron chi connectivity index (χ4n) is 4.52. The number of rotatable bonds is 7. The van der Waals surface area contributed by atoms with Crippen LogP contribution in [0.5, 0.6) is 5.75 Å². The standard InChI is InChI=1S/C24H33N3O2/c28-22(18-26-14-16-27(17-15-26)24-8-4-5-13-25-24)19-29-23-11-9-21(10-12-23)20-6-2-1-3-7-20/h4-5,8-13,20,22,28H,1-3,6-7,14-19H2/t22-/m0/s1. The minimum Gasteiger partial charge on any atom is -0.491 e. The smallest absolute Gasteiger partial charge is 0.128 e. The van der Waals surface area contributed by atoms with Crippen molar-refractivity contribution in [2.24, 2.45) is 0 Å². The van der Waals surface area contributed by atoms with Crippen molar-refractivity contribution < 1.29 is 9.84 Å². The molecule has 2 aromatic rings. The molecule has 1 atom stereocenters. The molecule has 2 fully saturated rings. The molecule has 1 saturated carbocycles. The molecule has 1 saturated heterocycles. The molecule has 1 aromatic carbocycles. The first kappa shape index (κ1) is 20.2. The van der Waals surface area contributed by atoms with Crippen molar-refractivity contribution >= 4 is 5.82 Å². The lowest BCUT2D eigenvalue weighted by molar-refractivity contribution is 0.0662. The SMILES string of the molecule is O[C@H](COc1ccc(C2CCCCC2)cc1)CN1CCN(c2ccccn2)CC1. The van der Waals surface area contributed by atoms with E-state index in [1.54, 1.807) is 0 Å². The Balaban J connectivity index is 1.18. The quantitative estimate of drug-likeness (QED) is 0.775. The summed E-state index contributed by atoms with van der Waals surface area (Å²) in [4.78, 5) is 9.03. The van der Waals surface area contributed by atoms with E-state index in [1.807, 2.05) is 18.3 Å². The number of hydrogen-bond acceptors (Lipinski definition) is 5. The second-order valence-electron chi connectivity index (χ2n) is 8.34. The van der Waals surface area contributed by atoms with Gasteiger partial charge in [-0.25, -0.2) is 4.98 Å². The molecule has 5 heteroatoms. The van der Waals surface area contributed by atoms with Crippen LogP contribution in [0.4, 0.5) is 5.82 Å². The van der Waals surface area contributed by atoms with E-state index in [9.17, 15) is 5.11 Å². The van der Waals surface area contributed by atoms with E-state index in [0.29, 0.717) is 19.1 Å². The van der Waals surface area contributed by atoms with Crippen LogP contribution < -0.4 is 9.64 Å². The third-order valence-corrected chi connectivity index (χ3v) is 6.21. The highest BCUT2D eigenvalue weighted by Crippen LogP contribution is 2.33. The first-order chi connectivity index (χ1) is 14.3. The van der Waals surface area contributed by atoms with E-state index < -0.39 is 6.10 Å². The molecule has 0 spiro atoms. The maximum Gasteiger partial charge on any atom is 0.128 e. The third-order valence-electron chi connectivity index (χ3n) is 6.21. The molecule has 1 aromatic heterocycles. The number of nitrogens with zero attached hydrogens (tertiary/aromatic N) is 3. The number of ether oxygens (including phenoxy) is 1. The number of β-amino-alcohol motifs (C(OH)–C–C–N with tert-alkyl or cyclic N) is 1. The number of aliphatic hydroxyl groups is 1. The Morgan fingerprint density at radius 2 is 1.72 bits per heavy atom. The first-order valence-corrected chi connectivity index (χ1v) is 11.1. The molecule has 4 rings (SSSR count). The predicted octanol–water partition coefficient (Wildman–Crippen LogP) is 3.69. The van der Waals surface area contributed by atoms with Gasteiger partial charge in [0.2, 0.25) is 0 Å². The summed E-state index contributed by atoms with van der Waals surface area (Å²) in [5.41, 5.74) is 1.43. The summed E-state index contributed by atoms with van der Waals surface area (Å²) in [5.74, 6) is 2.60. The molecule has 1 aliphatic heterocycles. The maximum atomic E-state index is 10.4. The van der Waals surface area contributed by atoms with Crippen molar-refractivity contribution in [2.45, 2.75) is 44.1 Å². The van der Waals surface area contributed by atoms with Crippen molar-refractivity contribution in [3.05, 3.63) is 54.2 Å². The Kier molecular flexibility index (Phi) is 7.01. The Labute approximate surface area is 174 Å². The van der Waals surface area contributed by atoms with E-state index in [4.69, 9.17) is 4.74 Å². The zero-order valence-corrected chi connectivity index (χ0v) is 17.2. The Bertz CT molecular complexity index is 724. The van der Waals surface area contributed by atoms with Gasteiger partial charge in [0.25, 0.3) is 0 Å². The van der Waals surface area contributed by atoms with Gasteiger partial charge < -0.3 is 14.7 Å². The topological polar surface area (TPSA) is 48.8 Å². The highest BCUT2D eigenvalue weighted by molar-refractivity contribution is 5.38. The van der Waals surface area contributed by atoms with Gasteiger partial charge in [-0.05, 0) is 48.6 Å². The lowest BCUT2D eigenvalue weighted by atomic mass is 9.84. The molecule has 0 radical (unpaired) electrons. The van der Waals surface area contributed by atoms with Crippen LogP contribution in [0.1, 0.15) is 43.6 Å². The lowest BCUT2D eigenvalue weighted by Gasteiger charge is -2.36. The van der Waals surface area contributed by atoms with Crippen molar-refractivity contribution in [2.75, 3.05) is 44.2 Å². The van der Waals surface area contributed by atoms with Crippen LogP contribution in [0, 0.1) is 0 Å². The van der Waals surface area contributed by atoms with Crippen molar-refractivity contribution in [3.63, 3.8) is 0 Å². The predicted molar refractivity (Wildman–Crippen MR) is 117 cm³/mol. The van der Waals surface area contributed by atoms with Crippen LogP contribution in [0.3, 0.4) is 0 Å². The van der Waals surface area contributed by atoms with Gasteiger partial charge in [0.05, 0.1) is 0 Å². The molecule has 0 unspecified atom stereocenters. The maximum absolute atomic E-state index is 10.4. The first-order valence-electron chi connectivity index (χ1n) is 11.1. The van der Waals surface area contributed by atoms with Crippen molar-refractivity contribution in [1.29, 1.82) is 0 Å². The zero-order valence-electron chi connectivity index (χ0n) is 17.2. The fraction of sp³-hybridized carbons (Fsp3) is 0.542. The Morgan fingerprint density at radius 3 is 2.41 bits per heavy atom. The molecule has 0 bridgehead atoms. The number of pyridine rings is 1.